The maximum atomic E-state index is 14.0. The fourth-order valence-electron chi connectivity index (χ4n) is 7.30. The van der Waals surface area contributed by atoms with Gasteiger partial charge in [0.25, 0.3) is 5.56 Å². The van der Waals surface area contributed by atoms with Gasteiger partial charge in [-0.05, 0) is 87.1 Å². The minimum atomic E-state index is -0.277. The predicted octanol–water partition coefficient (Wildman–Crippen LogP) is 5.41. The van der Waals surface area contributed by atoms with Crippen molar-refractivity contribution in [2.75, 3.05) is 18.4 Å². The topological polar surface area (TPSA) is 96.7 Å². The van der Waals surface area contributed by atoms with Gasteiger partial charge in [0.05, 0.1) is 10.4 Å². The van der Waals surface area contributed by atoms with E-state index in [0.717, 1.165) is 73.6 Å². The maximum Gasteiger partial charge on any atom is 0.280 e. The molecule has 0 bridgehead atoms. The highest BCUT2D eigenvalue weighted by atomic mass is 35.5. The average molecular weight is 575 g/mol. The molecular weight excluding hydrogens is 536 g/mol. The number of hydrogen-bond donors (Lipinski definition) is 2. The molecule has 4 aromatic heterocycles. The lowest BCUT2D eigenvalue weighted by Crippen LogP contribution is -2.43. The third kappa shape index (κ3) is 4.77. The van der Waals surface area contributed by atoms with E-state index >= 15 is 0 Å². The van der Waals surface area contributed by atoms with Crippen molar-refractivity contribution < 1.29 is 0 Å². The number of anilines is 1. The molecule has 4 aromatic rings. The van der Waals surface area contributed by atoms with E-state index in [1.807, 2.05) is 17.7 Å². The normalized spacial score (nSPS) is 25.3. The molecule has 2 saturated carbocycles. The van der Waals surface area contributed by atoms with Crippen LogP contribution >= 0.6 is 11.6 Å². The fraction of sp³-hybridized carbons (Fsp3) is 0.548. The zero-order chi connectivity index (χ0) is 28.3. The van der Waals surface area contributed by atoms with Gasteiger partial charge in [0.2, 0.25) is 0 Å². The van der Waals surface area contributed by atoms with Crippen LogP contribution in [0, 0.1) is 11.8 Å². The van der Waals surface area contributed by atoms with Crippen molar-refractivity contribution in [3.05, 3.63) is 63.2 Å². The largest absolute Gasteiger partial charge is 0.367 e. The summed E-state index contributed by atoms with van der Waals surface area (Å²) < 4.78 is 3.62. The molecule has 1 aliphatic heterocycles. The molecule has 9 nitrogen and oxygen atoms in total. The van der Waals surface area contributed by atoms with Crippen molar-refractivity contribution in [1.29, 1.82) is 0 Å². The standard InChI is InChI=1S/C31H39ClN8O/c1-19-6-5-9-39(15-19)16-23-12-24-25(32)17-40(29(41)28(24)35-23)27-11-21(10-26(36-27)34-22-7-4-8-22)31(13-20(2)14-31)30-37-33-18-38(30)3/h10-12,17-20,22,35H,4-9,13-16H2,1-3H3,(H,34,36)/t19-,20?,31?/m0/s1. The van der Waals surface area contributed by atoms with E-state index in [1.165, 1.54) is 19.3 Å². The van der Waals surface area contributed by atoms with E-state index < -0.39 is 0 Å². The minimum Gasteiger partial charge on any atom is -0.367 e. The number of rotatable bonds is 7. The fourth-order valence-corrected chi connectivity index (χ4v) is 7.55. The van der Waals surface area contributed by atoms with Crippen LogP contribution in [0.15, 0.2) is 35.5 Å². The molecule has 0 aromatic carbocycles. The van der Waals surface area contributed by atoms with Crippen LogP contribution in [-0.4, -0.2) is 53.3 Å². The van der Waals surface area contributed by atoms with Crippen LogP contribution in [0.3, 0.4) is 0 Å². The first kappa shape index (κ1) is 26.7. The molecular formula is C31H39ClN8O. The summed E-state index contributed by atoms with van der Waals surface area (Å²) in [6.45, 7) is 7.52. The quantitative estimate of drug-likeness (QED) is 0.306. The molecule has 10 heteroatoms. The highest BCUT2D eigenvalue weighted by Crippen LogP contribution is 2.52. The molecule has 0 radical (unpaired) electrons. The summed E-state index contributed by atoms with van der Waals surface area (Å²) in [5.74, 6) is 3.57. The Kier molecular flexibility index (Phi) is 6.70. The lowest BCUT2D eigenvalue weighted by molar-refractivity contribution is 0.175. The number of aryl methyl sites for hydroxylation is 1. The summed E-state index contributed by atoms with van der Waals surface area (Å²) in [5.41, 5.74) is 2.23. The van der Waals surface area contributed by atoms with Gasteiger partial charge in [-0.1, -0.05) is 25.4 Å². The number of piperidine rings is 1. The van der Waals surface area contributed by atoms with E-state index in [4.69, 9.17) is 16.6 Å². The predicted molar refractivity (Wildman–Crippen MR) is 162 cm³/mol. The number of hydrogen-bond acceptors (Lipinski definition) is 6. The first-order chi connectivity index (χ1) is 19.8. The Bertz CT molecular complexity index is 1640. The van der Waals surface area contributed by atoms with E-state index in [9.17, 15) is 4.79 Å². The Balaban J connectivity index is 1.31. The number of pyridine rings is 2. The minimum absolute atomic E-state index is 0.142. The van der Waals surface area contributed by atoms with Gasteiger partial charge < -0.3 is 14.9 Å². The third-order valence-corrected chi connectivity index (χ3v) is 9.84. The SMILES string of the molecule is CC1CC(c2cc(NC3CCC3)nc(-n3cc(Cl)c4cc(CN5CCC[C@H](C)C5)[nH]c4c3=O)c2)(c2nncn2C)C1. The van der Waals surface area contributed by atoms with Crippen molar-refractivity contribution >= 4 is 28.3 Å². The van der Waals surface area contributed by atoms with Crippen molar-refractivity contribution in [2.24, 2.45) is 18.9 Å². The Labute approximate surface area is 245 Å². The molecule has 1 atom stereocenters. The summed E-state index contributed by atoms with van der Waals surface area (Å²) in [6, 6.07) is 6.65. The highest BCUT2D eigenvalue weighted by Gasteiger charge is 2.48. The summed E-state index contributed by atoms with van der Waals surface area (Å²) in [6.07, 6.45) is 11.4. The number of aromatic amines is 1. The monoisotopic (exact) mass is 574 g/mol. The molecule has 1 saturated heterocycles. The molecule has 41 heavy (non-hydrogen) atoms. The number of halogens is 1. The van der Waals surface area contributed by atoms with Crippen molar-refractivity contribution in [3.8, 4) is 5.82 Å². The second-order valence-corrected chi connectivity index (χ2v) is 13.4. The Morgan fingerprint density at radius 1 is 1.12 bits per heavy atom. The van der Waals surface area contributed by atoms with E-state index in [1.54, 1.807) is 17.1 Å². The van der Waals surface area contributed by atoms with Gasteiger partial charge in [-0.15, -0.1) is 10.2 Å². The number of fused-ring (bicyclic) bond motifs is 1. The van der Waals surface area contributed by atoms with Crippen LogP contribution in [0.5, 0.6) is 0 Å². The molecule has 7 rings (SSSR count). The lowest BCUT2D eigenvalue weighted by atomic mass is 9.58. The Morgan fingerprint density at radius 3 is 2.63 bits per heavy atom. The smallest absolute Gasteiger partial charge is 0.280 e. The summed E-state index contributed by atoms with van der Waals surface area (Å²) in [5, 5.41) is 13.7. The zero-order valence-corrected chi connectivity index (χ0v) is 24.9. The molecule has 2 N–H and O–H groups in total. The first-order valence-corrected chi connectivity index (χ1v) is 15.5. The molecule has 2 aliphatic carbocycles. The molecule has 5 heterocycles. The molecule has 3 aliphatic rings. The first-order valence-electron chi connectivity index (χ1n) is 15.1. The van der Waals surface area contributed by atoms with E-state index in [-0.39, 0.29) is 11.0 Å². The van der Waals surface area contributed by atoms with Crippen LogP contribution in [-0.2, 0) is 19.0 Å². The van der Waals surface area contributed by atoms with Crippen LogP contribution in [0.25, 0.3) is 16.7 Å². The van der Waals surface area contributed by atoms with Crippen LogP contribution in [0.4, 0.5) is 5.82 Å². The second kappa shape index (κ2) is 10.3. The summed E-state index contributed by atoms with van der Waals surface area (Å²) >= 11 is 6.85. The average Bonchev–Trinajstić information content (AvgIpc) is 3.53. The third-order valence-electron chi connectivity index (χ3n) is 9.54. The van der Waals surface area contributed by atoms with Gasteiger partial charge in [-0.2, -0.15) is 0 Å². The molecule has 216 valence electrons. The number of H-pyrrole nitrogens is 1. The van der Waals surface area contributed by atoms with Crippen molar-refractivity contribution in [1.82, 2.24) is 34.2 Å². The Hall–Kier alpha value is -3.17. The van der Waals surface area contributed by atoms with Crippen LogP contribution in [0.2, 0.25) is 5.02 Å². The lowest BCUT2D eigenvalue weighted by Gasteiger charge is -2.46. The number of nitrogens with zero attached hydrogens (tertiary/aromatic N) is 6. The molecule has 0 spiro atoms. The number of aromatic nitrogens is 6. The molecule has 0 amide bonds. The van der Waals surface area contributed by atoms with Crippen LogP contribution < -0.4 is 10.9 Å². The summed E-state index contributed by atoms with van der Waals surface area (Å²) in [4.78, 5) is 24.8. The van der Waals surface area contributed by atoms with Gasteiger partial charge in [0, 0.05) is 43.5 Å². The number of likely N-dealkylation sites (tertiary alicyclic amines) is 1. The van der Waals surface area contributed by atoms with Gasteiger partial charge >= 0.3 is 0 Å². The second-order valence-electron chi connectivity index (χ2n) is 13.0. The maximum absolute atomic E-state index is 14.0. The van der Waals surface area contributed by atoms with Crippen molar-refractivity contribution in [2.45, 2.75) is 76.8 Å². The highest BCUT2D eigenvalue weighted by molar-refractivity contribution is 6.35. The number of nitrogens with one attached hydrogen (secondary N) is 2. The summed E-state index contributed by atoms with van der Waals surface area (Å²) in [7, 11) is 2.00. The van der Waals surface area contributed by atoms with Crippen LogP contribution in [0.1, 0.15) is 75.9 Å². The van der Waals surface area contributed by atoms with Gasteiger partial charge in [0.15, 0.2) is 0 Å². The van der Waals surface area contributed by atoms with Crippen molar-refractivity contribution in [3.63, 3.8) is 0 Å². The molecule has 3 fully saturated rings. The van der Waals surface area contributed by atoms with E-state index in [2.05, 4.69) is 51.4 Å². The Morgan fingerprint density at radius 2 is 1.95 bits per heavy atom. The van der Waals surface area contributed by atoms with Gasteiger partial charge in [0.1, 0.15) is 29.3 Å². The van der Waals surface area contributed by atoms with E-state index in [0.29, 0.717) is 34.2 Å². The molecule has 0 unspecified atom stereocenters. The van der Waals surface area contributed by atoms with Gasteiger partial charge in [-0.25, -0.2) is 4.98 Å². The van der Waals surface area contributed by atoms with Gasteiger partial charge in [-0.3, -0.25) is 14.3 Å². The zero-order valence-electron chi connectivity index (χ0n) is 24.2.